The summed E-state index contributed by atoms with van der Waals surface area (Å²) in [5, 5.41) is 8.90. The Hall–Kier alpha value is -1.49. The summed E-state index contributed by atoms with van der Waals surface area (Å²) in [4.78, 5) is 24.8. The molecule has 4 nitrogen and oxygen atoms in total. The van der Waals surface area contributed by atoms with Crippen LogP contribution < -0.4 is 4.90 Å². The minimum Gasteiger partial charge on any atom is -0.480 e. The second-order valence-corrected chi connectivity index (χ2v) is 4.61. The zero-order valence-corrected chi connectivity index (χ0v) is 9.37. The number of para-hydroxylation sites is 1. The van der Waals surface area contributed by atoms with Crippen LogP contribution in [0.15, 0.2) is 29.2 Å². The van der Waals surface area contributed by atoms with Crippen LogP contribution in [-0.2, 0) is 9.59 Å². The highest BCUT2D eigenvalue weighted by Crippen LogP contribution is 2.34. The van der Waals surface area contributed by atoms with Crippen LogP contribution in [-0.4, -0.2) is 29.3 Å². The van der Waals surface area contributed by atoms with Gasteiger partial charge in [0, 0.05) is 17.9 Å². The summed E-state index contributed by atoms with van der Waals surface area (Å²) >= 11 is 1.19. The largest absolute Gasteiger partial charge is 0.480 e. The van der Waals surface area contributed by atoms with E-state index in [-0.39, 0.29) is 11.7 Å². The number of nitrogens with zero attached hydrogens (tertiary/aromatic N) is 1. The van der Waals surface area contributed by atoms with Crippen LogP contribution in [0, 0.1) is 0 Å². The molecule has 0 bridgehead atoms. The van der Waals surface area contributed by atoms with Gasteiger partial charge in [-0.25, -0.2) is 0 Å². The van der Waals surface area contributed by atoms with E-state index in [0.717, 1.165) is 10.6 Å². The number of aliphatic carboxylic acids is 1. The summed E-state index contributed by atoms with van der Waals surface area (Å²) in [5.74, 6) is -0.880. The van der Waals surface area contributed by atoms with Crippen LogP contribution in [0.5, 0.6) is 0 Å². The molecule has 5 heteroatoms. The number of rotatable bonds is 2. The van der Waals surface area contributed by atoms with Gasteiger partial charge in [-0.2, -0.15) is 0 Å². The fraction of sp³-hybridized carbons (Fsp3) is 0.273. The number of hydrogen-bond donors (Lipinski definition) is 1. The third kappa shape index (κ3) is 2.36. The number of carbonyl (C=O) groups is 2. The Morgan fingerprint density at radius 1 is 1.44 bits per heavy atom. The Morgan fingerprint density at radius 3 is 2.94 bits per heavy atom. The average Bonchev–Trinajstić information content (AvgIpc) is 2.38. The molecule has 16 heavy (non-hydrogen) atoms. The Bertz CT molecular complexity index is 433. The van der Waals surface area contributed by atoms with Gasteiger partial charge < -0.3 is 10.0 Å². The summed E-state index contributed by atoms with van der Waals surface area (Å²) in [7, 11) is 0. The van der Waals surface area contributed by atoms with Crippen molar-refractivity contribution in [3.05, 3.63) is 24.3 Å². The van der Waals surface area contributed by atoms with Crippen LogP contribution in [0.4, 0.5) is 5.69 Å². The zero-order chi connectivity index (χ0) is 11.5. The quantitative estimate of drug-likeness (QED) is 0.846. The predicted molar refractivity (Wildman–Crippen MR) is 61.8 cm³/mol. The molecular weight excluding hydrogens is 226 g/mol. The highest BCUT2D eigenvalue weighted by molar-refractivity contribution is 8.13. The van der Waals surface area contributed by atoms with E-state index in [1.807, 2.05) is 24.3 Å². The topological polar surface area (TPSA) is 57.6 Å². The number of hydrogen-bond acceptors (Lipinski definition) is 4. The van der Waals surface area contributed by atoms with Crippen molar-refractivity contribution < 1.29 is 14.7 Å². The van der Waals surface area contributed by atoms with Crippen LogP contribution in [0.1, 0.15) is 6.42 Å². The molecule has 0 fully saturated rings. The van der Waals surface area contributed by atoms with Gasteiger partial charge in [-0.1, -0.05) is 12.1 Å². The van der Waals surface area contributed by atoms with Crippen LogP contribution in [0.25, 0.3) is 0 Å². The van der Waals surface area contributed by atoms with E-state index in [0.29, 0.717) is 13.0 Å². The van der Waals surface area contributed by atoms with Gasteiger partial charge in [-0.15, -0.1) is 0 Å². The highest BCUT2D eigenvalue weighted by Gasteiger charge is 2.21. The number of carboxylic acids is 1. The maximum absolute atomic E-state index is 11.5. The molecule has 0 radical (unpaired) electrons. The summed E-state index contributed by atoms with van der Waals surface area (Å²) in [6.45, 7) is 0.403. The van der Waals surface area contributed by atoms with E-state index >= 15 is 0 Å². The van der Waals surface area contributed by atoms with Gasteiger partial charge in [0.25, 0.3) is 0 Å². The zero-order valence-electron chi connectivity index (χ0n) is 8.55. The molecule has 1 N–H and O–H groups in total. The third-order valence-electron chi connectivity index (χ3n) is 2.34. The summed E-state index contributed by atoms with van der Waals surface area (Å²) in [5.41, 5.74) is 0.834. The molecule has 0 unspecified atom stereocenters. The molecule has 0 saturated carbocycles. The minimum absolute atomic E-state index is 0.0646. The van der Waals surface area contributed by atoms with Gasteiger partial charge in [-0.3, -0.25) is 9.59 Å². The van der Waals surface area contributed by atoms with Crippen molar-refractivity contribution in [3.8, 4) is 0 Å². The normalized spacial score (nSPS) is 15.5. The van der Waals surface area contributed by atoms with Crippen molar-refractivity contribution in [3.63, 3.8) is 0 Å². The number of carbonyl (C=O) groups excluding carboxylic acids is 1. The van der Waals surface area contributed by atoms with E-state index in [9.17, 15) is 9.59 Å². The predicted octanol–water partition coefficient (Wildman–Crippen LogP) is 1.60. The van der Waals surface area contributed by atoms with Gasteiger partial charge in [0.1, 0.15) is 6.54 Å². The molecule has 1 aromatic carbocycles. The molecule has 0 spiro atoms. The van der Waals surface area contributed by atoms with E-state index in [2.05, 4.69) is 0 Å². The Kier molecular flexibility index (Phi) is 3.14. The third-order valence-corrected chi connectivity index (χ3v) is 3.34. The number of anilines is 1. The smallest absolute Gasteiger partial charge is 0.323 e. The molecule has 0 saturated heterocycles. The number of carboxylic acid groups (broad SMARTS) is 1. The molecule has 1 aliphatic heterocycles. The second kappa shape index (κ2) is 4.57. The van der Waals surface area contributed by atoms with E-state index < -0.39 is 5.97 Å². The van der Waals surface area contributed by atoms with Crippen LogP contribution >= 0.6 is 11.8 Å². The minimum atomic E-state index is -0.880. The van der Waals surface area contributed by atoms with Crippen molar-refractivity contribution in [2.24, 2.45) is 0 Å². The molecule has 0 aromatic heterocycles. The average molecular weight is 237 g/mol. The molecular formula is C11H11NO3S. The van der Waals surface area contributed by atoms with Crippen molar-refractivity contribution in [2.75, 3.05) is 18.0 Å². The number of thioether (sulfide) groups is 1. The first-order chi connectivity index (χ1) is 7.66. The van der Waals surface area contributed by atoms with Gasteiger partial charge in [0.2, 0.25) is 0 Å². The van der Waals surface area contributed by atoms with Gasteiger partial charge in [0.15, 0.2) is 5.12 Å². The van der Waals surface area contributed by atoms with Crippen LogP contribution in [0.2, 0.25) is 0 Å². The van der Waals surface area contributed by atoms with Gasteiger partial charge in [-0.05, 0) is 23.9 Å². The summed E-state index contributed by atoms with van der Waals surface area (Å²) < 4.78 is 0. The van der Waals surface area contributed by atoms with Gasteiger partial charge >= 0.3 is 5.97 Å². The van der Waals surface area contributed by atoms with Crippen molar-refractivity contribution in [1.82, 2.24) is 0 Å². The fourth-order valence-electron chi connectivity index (χ4n) is 1.65. The Balaban J connectivity index is 2.34. The van der Waals surface area contributed by atoms with E-state index in [4.69, 9.17) is 5.11 Å². The monoisotopic (exact) mass is 237 g/mol. The van der Waals surface area contributed by atoms with Crippen LogP contribution in [0.3, 0.4) is 0 Å². The highest BCUT2D eigenvalue weighted by atomic mass is 32.2. The maximum atomic E-state index is 11.5. The standard InChI is InChI=1S/C11H11NO3S/c13-10(14)7-12-6-5-11(15)16-9-4-2-1-3-8(9)12/h1-4H,5-7H2,(H,13,14). The van der Waals surface area contributed by atoms with Gasteiger partial charge in [0.05, 0.1) is 5.69 Å². The van der Waals surface area contributed by atoms with E-state index in [1.54, 1.807) is 4.90 Å². The summed E-state index contributed by atoms with van der Waals surface area (Å²) in [6, 6.07) is 7.40. The first-order valence-corrected chi connectivity index (χ1v) is 5.75. The maximum Gasteiger partial charge on any atom is 0.323 e. The lowest BCUT2D eigenvalue weighted by molar-refractivity contribution is -0.135. The molecule has 0 amide bonds. The second-order valence-electron chi connectivity index (χ2n) is 3.51. The molecule has 2 rings (SSSR count). The first kappa shape index (κ1) is 11.0. The fourth-order valence-corrected chi connectivity index (χ4v) is 2.54. The lowest BCUT2D eigenvalue weighted by atomic mass is 10.2. The Labute approximate surface area is 97.3 Å². The Morgan fingerprint density at radius 2 is 2.19 bits per heavy atom. The van der Waals surface area contributed by atoms with Crippen molar-refractivity contribution in [2.45, 2.75) is 11.3 Å². The molecule has 1 heterocycles. The van der Waals surface area contributed by atoms with Crippen molar-refractivity contribution in [1.29, 1.82) is 0 Å². The molecule has 1 aromatic rings. The SMILES string of the molecule is O=C(O)CN1CCC(=O)Sc2ccccc21. The lowest BCUT2D eigenvalue weighted by Crippen LogP contribution is -2.30. The molecule has 0 atom stereocenters. The summed E-state index contributed by atoms with van der Waals surface area (Å²) in [6.07, 6.45) is 0.382. The van der Waals surface area contributed by atoms with E-state index in [1.165, 1.54) is 11.8 Å². The number of benzene rings is 1. The molecule has 1 aliphatic rings. The molecule has 84 valence electrons. The van der Waals surface area contributed by atoms with Crippen molar-refractivity contribution >= 4 is 28.5 Å². The number of fused-ring (bicyclic) bond motifs is 1. The first-order valence-electron chi connectivity index (χ1n) is 4.93. The lowest BCUT2D eigenvalue weighted by Gasteiger charge is -2.21. The molecule has 0 aliphatic carbocycles.